The van der Waals surface area contributed by atoms with Gasteiger partial charge >= 0.3 is 0 Å². The molecule has 0 saturated heterocycles. The maximum Gasteiger partial charge on any atom is 0.235 e. The Kier molecular flexibility index (Phi) is 5.89. The standard InChI is InChI=1S/C45H32N4/c1-45(2)35-23-10-12-25-38(35)48(31-19-7-4-8-20-31)41-27-34-32-22-13-17-29-18-14-26-39(42(29)32)49(40(34)28-36(41)45)44-46-37-24-11-9-21-33(37)43(47-44)30-15-5-3-6-16-30/h3-28H,1-2H3. The lowest BCUT2D eigenvalue weighted by Gasteiger charge is -2.43. The van der Waals surface area contributed by atoms with Crippen LogP contribution in [0.5, 0.6) is 0 Å². The fraction of sp³-hybridized carbons (Fsp3) is 0.0667. The molecule has 0 fully saturated rings. The molecule has 2 aliphatic rings. The van der Waals surface area contributed by atoms with Crippen molar-refractivity contribution in [2.75, 3.05) is 9.80 Å². The smallest absolute Gasteiger partial charge is 0.235 e. The van der Waals surface area contributed by atoms with E-state index in [9.17, 15) is 0 Å². The molecule has 2 aliphatic heterocycles. The number of fused-ring (bicyclic) bond motifs is 5. The largest absolute Gasteiger partial charge is 0.310 e. The highest BCUT2D eigenvalue weighted by molar-refractivity contribution is 6.14. The maximum absolute atomic E-state index is 5.40. The molecule has 0 saturated carbocycles. The van der Waals surface area contributed by atoms with Crippen LogP contribution in [-0.2, 0) is 5.41 Å². The Balaban J connectivity index is 1.31. The molecule has 1 aromatic heterocycles. The maximum atomic E-state index is 5.40. The van der Waals surface area contributed by atoms with E-state index in [1.165, 1.54) is 38.8 Å². The fourth-order valence-electron chi connectivity index (χ4n) is 8.05. The van der Waals surface area contributed by atoms with Crippen LogP contribution < -0.4 is 9.80 Å². The molecule has 7 aromatic carbocycles. The van der Waals surface area contributed by atoms with E-state index in [-0.39, 0.29) is 5.41 Å². The number of nitrogens with zero attached hydrogens (tertiary/aromatic N) is 4. The van der Waals surface area contributed by atoms with Crippen molar-refractivity contribution in [3.63, 3.8) is 0 Å². The Morgan fingerprint density at radius 1 is 0.490 bits per heavy atom. The van der Waals surface area contributed by atoms with E-state index in [1.54, 1.807) is 0 Å². The predicted octanol–water partition coefficient (Wildman–Crippen LogP) is 12.0. The number of anilines is 6. The molecule has 4 heteroatoms. The zero-order valence-electron chi connectivity index (χ0n) is 27.3. The van der Waals surface area contributed by atoms with Gasteiger partial charge in [-0.2, -0.15) is 0 Å². The first kappa shape index (κ1) is 27.8. The van der Waals surface area contributed by atoms with E-state index in [0.29, 0.717) is 5.95 Å². The van der Waals surface area contributed by atoms with Crippen molar-refractivity contribution in [3.05, 3.63) is 169 Å². The van der Waals surface area contributed by atoms with E-state index in [2.05, 4.69) is 175 Å². The first-order chi connectivity index (χ1) is 24.1. The van der Waals surface area contributed by atoms with Gasteiger partial charge in [0.25, 0.3) is 0 Å². The second-order valence-corrected chi connectivity index (χ2v) is 13.5. The van der Waals surface area contributed by atoms with Crippen LogP contribution >= 0.6 is 0 Å². The van der Waals surface area contributed by atoms with Crippen molar-refractivity contribution in [1.82, 2.24) is 9.97 Å². The molecule has 0 spiro atoms. The summed E-state index contributed by atoms with van der Waals surface area (Å²) in [5, 5.41) is 3.44. The minimum Gasteiger partial charge on any atom is -0.310 e. The van der Waals surface area contributed by atoms with Gasteiger partial charge in [0.1, 0.15) is 0 Å². The topological polar surface area (TPSA) is 32.3 Å². The summed E-state index contributed by atoms with van der Waals surface area (Å²) in [4.78, 5) is 15.4. The molecule has 0 radical (unpaired) electrons. The van der Waals surface area contributed by atoms with Crippen LogP contribution in [0.1, 0.15) is 25.0 Å². The van der Waals surface area contributed by atoms with Gasteiger partial charge in [0.2, 0.25) is 5.95 Å². The quantitative estimate of drug-likeness (QED) is 0.195. The van der Waals surface area contributed by atoms with Crippen molar-refractivity contribution in [1.29, 1.82) is 0 Å². The van der Waals surface area contributed by atoms with Crippen molar-refractivity contribution in [2.24, 2.45) is 0 Å². The van der Waals surface area contributed by atoms with Crippen LogP contribution in [0.2, 0.25) is 0 Å². The SMILES string of the molecule is CC1(C)c2ccccc2N(c2ccccc2)c2cc3c(cc21)N(c1nc(-c2ccccc2)c2ccccc2n1)c1cccc2cccc-3c12. The van der Waals surface area contributed by atoms with E-state index < -0.39 is 0 Å². The molecule has 4 nitrogen and oxygen atoms in total. The van der Waals surface area contributed by atoms with Gasteiger partial charge in [-0.25, -0.2) is 9.97 Å². The lowest BCUT2D eigenvalue weighted by molar-refractivity contribution is 0.632. The number of rotatable bonds is 3. The number of benzene rings is 7. The second kappa shape index (κ2) is 10.4. The Labute approximate surface area is 285 Å². The van der Waals surface area contributed by atoms with Crippen LogP contribution in [0.15, 0.2) is 158 Å². The van der Waals surface area contributed by atoms with Crippen molar-refractivity contribution in [2.45, 2.75) is 19.3 Å². The molecule has 49 heavy (non-hydrogen) atoms. The van der Waals surface area contributed by atoms with E-state index in [0.717, 1.165) is 44.8 Å². The van der Waals surface area contributed by atoms with Gasteiger partial charge in [-0.05, 0) is 64.5 Å². The van der Waals surface area contributed by atoms with E-state index >= 15 is 0 Å². The highest BCUT2D eigenvalue weighted by Gasteiger charge is 2.39. The highest BCUT2D eigenvalue weighted by atomic mass is 15.3. The highest BCUT2D eigenvalue weighted by Crippen LogP contribution is 2.58. The van der Waals surface area contributed by atoms with Gasteiger partial charge in [0.15, 0.2) is 0 Å². The van der Waals surface area contributed by atoms with Crippen molar-refractivity contribution >= 4 is 56.1 Å². The summed E-state index contributed by atoms with van der Waals surface area (Å²) in [5.41, 5.74) is 13.3. The lowest BCUT2D eigenvalue weighted by Crippen LogP contribution is -2.31. The Morgan fingerprint density at radius 2 is 1.18 bits per heavy atom. The van der Waals surface area contributed by atoms with Gasteiger partial charge in [-0.3, -0.25) is 4.90 Å². The predicted molar refractivity (Wildman–Crippen MR) is 203 cm³/mol. The minimum absolute atomic E-state index is 0.264. The summed E-state index contributed by atoms with van der Waals surface area (Å²) in [6.07, 6.45) is 0. The van der Waals surface area contributed by atoms with Gasteiger partial charge in [0.05, 0.1) is 34.0 Å². The summed E-state index contributed by atoms with van der Waals surface area (Å²) < 4.78 is 0. The van der Waals surface area contributed by atoms with Gasteiger partial charge < -0.3 is 4.90 Å². The zero-order chi connectivity index (χ0) is 32.7. The third-order valence-electron chi connectivity index (χ3n) is 10.4. The Hall–Kier alpha value is -6.26. The van der Waals surface area contributed by atoms with Crippen LogP contribution in [0.4, 0.5) is 34.4 Å². The van der Waals surface area contributed by atoms with Crippen LogP contribution in [0.3, 0.4) is 0 Å². The normalized spacial score (nSPS) is 14.0. The molecule has 10 rings (SSSR count). The molecule has 0 unspecified atom stereocenters. The molecule has 0 bridgehead atoms. The summed E-state index contributed by atoms with van der Waals surface area (Å²) in [5.74, 6) is 0.662. The Morgan fingerprint density at radius 3 is 2.02 bits per heavy atom. The molecule has 0 atom stereocenters. The zero-order valence-corrected chi connectivity index (χ0v) is 27.3. The van der Waals surface area contributed by atoms with Crippen molar-refractivity contribution in [3.8, 4) is 22.4 Å². The average molecular weight is 629 g/mol. The van der Waals surface area contributed by atoms with Crippen molar-refractivity contribution < 1.29 is 0 Å². The van der Waals surface area contributed by atoms with Gasteiger partial charge in [-0.15, -0.1) is 0 Å². The van der Waals surface area contributed by atoms with Crippen LogP contribution in [0.25, 0.3) is 44.1 Å². The second-order valence-electron chi connectivity index (χ2n) is 13.5. The first-order valence-corrected chi connectivity index (χ1v) is 16.9. The monoisotopic (exact) mass is 628 g/mol. The van der Waals surface area contributed by atoms with Gasteiger partial charge in [0, 0.05) is 33.0 Å². The summed E-state index contributed by atoms with van der Waals surface area (Å²) in [6.45, 7) is 4.70. The molecule has 0 amide bonds. The molecule has 232 valence electrons. The fourth-order valence-corrected chi connectivity index (χ4v) is 8.05. The molecule has 0 N–H and O–H groups in total. The number of hydrogen-bond donors (Lipinski definition) is 0. The molecular formula is C45H32N4. The Bertz CT molecular complexity index is 2590. The summed E-state index contributed by atoms with van der Waals surface area (Å²) in [6, 6.07) is 56.4. The third kappa shape index (κ3) is 4.04. The molecular weight excluding hydrogens is 597 g/mol. The summed E-state index contributed by atoms with van der Waals surface area (Å²) >= 11 is 0. The molecule has 3 heterocycles. The molecule has 8 aromatic rings. The van der Waals surface area contributed by atoms with E-state index in [1.807, 2.05) is 6.07 Å². The number of aromatic nitrogens is 2. The van der Waals surface area contributed by atoms with Gasteiger partial charge in [-0.1, -0.05) is 129 Å². The average Bonchev–Trinajstić information content (AvgIpc) is 3.15. The number of para-hydroxylation sites is 3. The summed E-state index contributed by atoms with van der Waals surface area (Å²) in [7, 11) is 0. The van der Waals surface area contributed by atoms with E-state index in [4.69, 9.17) is 9.97 Å². The molecule has 0 aliphatic carbocycles. The number of hydrogen-bond acceptors (Lipinski definition) is 4. The lowest BCUT2D eigenvalue weighted by atomic mass is 9.72. The van der Waals surface area contributed by atoms with Crippen LogP contribution in [0, 0.1) is 0 Å². The minimum atomic E-state index is -0.264. The first-order valence-electron chi connectivity index (χ1n) is 16.9. The third-order valence-corrected chi connectivity index (χ3v) is 10.4. The van der Waals surface area contributed by atoms with Crippen LogP contribution in [-0.4, -0.2) is 9.97 Å².